The molecule has 0 unspecified atom stereocenters. The van der Waals surface area contributed by atoms with Crippen LogP contribution >= 0.6 is 0 Å². The summed E-state index contributed by atoms with van der Waals surface area (Å²) in [6, 6.07) is 7.79. The van der Waals surface area contributed by atoms with Crippen molar-refractivity contribution in [2.75, 3.05) is 12.8 Å². The summed E-state index contributed by atoms with van der Waals surface area (Å²) < 4.78 is 6.99. The standard InChI is InChI=1S/C12H15N3O/c1-8-11(14-12(13)15(8)2)9-4-6-10(16-3)7-5-9/h4-7H,1-3H3,(H2,13,14). The second kappa shape index (κ2) is 3.89. The number of nitrogens with two attached hydrogens (primary N) is 1. The number of nitrogens with zero attached hydrogens (tertiary/aromatic N) is 2. The fourth-order valence-corrected chi connectivity index (χ4v) is 1.62. The molecule has 0 spiro atoms. The van der Waals surface area contributed by atoms with Gasteiger partial charge in [-0.2, -0.15) is 0 Å². The number of imidazole rings is 1. The number of hydrogen-bond acceptors (Lipinski definition) is 3. The van der Waals surface area contributed by atoms with Crippen LogP contribution in [0.5, 0.6) is 5.75 Å². The maximum atomic E-state index is 5.76. The lowest BCUT2D eigenvalue weighted by Gasteiger charge is -2.02. The fraction of sp³-hybridized carbons (Fsp3) is 0.250. The van der Waals surface area contributed by atoms with Crippen molar-refractivity contribution < 1.29 is 4.74 Å². The van der Waals surface area contributed by atoms with Crippen molar-refractivity contribution in [3.8, 4) is 17.0 Å². The molecule has 2 rings (SSSR count). The number of aromatic nitrogens is 2. The summed E-state index contributed by atoms with van der Waals surface area (Å²) in [5, 5.41) is 0. The monoisotopic (exact) mass is 217 g/mol. The van der Waals surface area contributed by atoms with Gasteiger partial charge in [0.2, 0.25) is 5.95 Å². The minimum atomic E-state index is 0.531. The Morgan fingerprint density at radius 1 is 1.25 bits per heavy atom. The van der Waals surface area contributed by atoms with E-state index < -0.39 is 0 Å². The van der Waals surface area contributed by atoms with Crippen molar-refractivity contribution in [1.29, 1.82) is 0 Å². The average Bonchev–Trinajstić information content (AvgIpc) is 2.57. The Balaban J connectivity index is 2.46. The van der Waals surface area contributed by atoms with Crippen LogP contribution in [-0.2, 0) is 7.05 Å². The molecule has 0 saturated heterocycles. The molecule has 0 aliphatic carbocycles. The average molecular weight is 217 g/mol. The molecule has 0 saturated carbocycles. The van der Waals surface area contributed by atoms with Gasteiger partial charge in [-0.1, -0.05) is 0 Å². The summed E-state index contributed by atoms with van der Waals surface area (Å²) in [4.78, 5) is 4.34. The molecule has 0 aliphatic heterocycles. The third kappa shape index (κ3) is 1.62. The predicted molar refractivity (Wildman–Crippen MR) is 64.3 cm³/mol. The first kappa shape index (κ1) is 10.5. The minimum absolute atomic E-state index is 0.531. The van der Waals surface area contributed by atoms with Crippen LogP contribution < -0.4 is 10.5 Å². The molecular weight excluding hydrogens is 202 g/mol. The van der Waals surface area contributed by atoms with Gasteiger partial charge in [0.15, 0.2) is 0 Å². The molecule has 4 nitrogen and oxygen atoms in total. The van der Waals surface area contributed by atoms with Crippen molar-refractivity contribution in [1.82, 2.24) is 9.55 Å². The lowest BCUT2D eigenvalue weighted by Crippen LogP contribution is -1.97. The zero-order chi connectivity index (χ0) is 11.7. The Kier molecular flexibility index (Phi) is 2.56. The lowest BCUT2D eigenvalue weighted by molar-refractivity contribution is 0.415. The van der Waals surface area contributed by atoms with E-state index in [1.165, 1.54) is 0 Å². The quantitative estimate of drug-likeness (QED) is 0.836. The molecule has 16 heavy (non-hydrogen) atoms. The SMILES string of the molecule is COc1ccc(-c2nc(N)n(C)c2C)cc1. The van der Waals surface area contributed by atoms with Crippen LogP contribution in [0.4, 0.5) is 5.95 Å². The molecule has 0 radical (unpaired) electrons. The highest BCUT2D eigenvalue weighted by molar-refractivity contribution is 5.64. The van der Waals surface area contributed by atoms with Crippen LogP contribution in [0.15, 0.2) is 24.3 Å². The minimum Gasteiger partial charge on any atom is -0.497 e. The lowest BCUT2D eigenvalue weighted by atomic mass is 10.1. The highest BCUT2D eigenvalue weighted by Gasteiger charge is 2.10. The van der Waals surface area contributed by atoms with Gasteiger partial charge in [-0.3, -0.25) is 0 Å². The first-order valence-corrected chi connectivity index (χ1v) is 5.06. The number of methoxy groups -OCH3 is 1. The molecular formula is C12H15N3O. The fourth-order valence-electron chi connectivity index (χ4n) is 1.62. The van der Waals surface area contributed by atoms with E-state index in [4.69, 9.17) is 10.5 Å². The van der Waals surface area contributed by atoms with Crippen molar-refractivity contribution in [2.45, 2.75) is 6.92 Å². The van der Waals surface area contributed by atoms with E-state index in [9.17, 15) is 0 Å². The number of rotatable bonds is 2. The number of anilines is 1. The Morgan fingerprint density at radius 3 is 2.31 bits per heavy atom. The highest BCUT2D eigenvalue weighted by Crippen LogP contribution is 2.25. The summed E-state index contributed by atoms with van der Waals surface area (Å²) in [5.41, 5.74) is 8.79. The molecule has 0 aliphatic rings. The van der Waals surface area contributed by atoms with E-state index >= 15 is 0 Å². The topological polar surface area (TPSA) is 53.1 Å². The molecule has 2 aromatic rings. The summed E-state index contributed by atoms with van der Waals surface area (Å²) in [6.45, 7) is 2.00. The van der Waals surface area contributed by atoms with Crippen LogP contribution in [0.25, 0.3) is 11.3 Å². The Bertz CT molecular complexity index is 500. The third-order valence-electron chi connectivity index (χ3n) is 2.78. The van der Waals surface area contributed by atoms with Crippen molar-refractivity contribution in [3.05, 3.63) is 30.0 Å². The van der Waals surface area contributed by atoms with E-state index in [1.807, 2.05) is 42.8 Å². The molecule has 0 atom stereocenters. The Morgan fingerprint density at radius 2 is 1.88 bits per heavy atom. The molecule has 0 bridgehead atoms. The van der Waals surface area contributed by atoms with E-state index in [1.54, 1.807) is 7.11 Å². The van der Waals surface area contributed by atoms with Gasteiger partial charge in [0.25, 0.3) is 0 Å². The van der Waals surface area contributed by atoms with Crippen molar-refractivity contribution in [2.24, 2.45) is 7.05 Å². The number of nitrogen functional groups attached to an aromatic ring is 1. The molecule has 1 aromatic heterocycles. The van der Waals surface area contributed by atoms with Gasteiger partial charge in [0.05, 0.1) is 12.8 Å². The van der Waals surface area contributed by atoms with E-state index in [0.29, 0.717) is 5.95 Å². The molecule has 4 heteroatoms. The van der Waals surface area contributed by atoms with Gasteiger partial charge in [-0.25, -0.2) is 4.98 Å². The Hall–Kier alpha value is -1.97. The van der Waals surface area contributed by atoms with Gasteiger partial charge in [-0.05, 0) is 31.2 Å². The van der Waals surface area contributed by atoms with Gasteiger partial charge >= 0.3 is 0 Å². The number of ether oxygens (including phenoxy) is 1. The summed E-state index contributed by atoms with van der Waals surface area (Å²) in [7, 11) is 3.56. The second-order valence-electron chi connectivity index (χ2n) is 3.69. The van der Waals surface area contributed by atoms with Crippen LogP contribution in [0.3, 0.4) is 0 Å². The molecule has 0 fully saturated rings. The Labute approximate surface area is 94.7 Å². The highest BCUT2D eigenvalue weighted by atomic mass is 16.5. The van der Waals surface area contributed by atoms with Gasteiger partial charge < -0.3 is 15.0 Å². The van der Waals surface area contributed by atoms with Crippen LogP contribution in [0.1, 0.15) is 5.69 Å². The first-order chi connectivity index (χ1) is 7.63. The zero-order valence-corrected chi connectivity index (χ0v) is 9.69. The van der Waals surface area contributed by atoms with Crippen LogP contribution in [0.2, 0.25) is 0 Å². The number of benzene rings is 1. The maximum Gasteiger partial charge on any atom is 0.200 e. The number of hydrogen-bond donors (Lipinski definition) is 1. The molecule has 0 amide bonds. The molecule has 1 heterocycles. The summed E-state index contributed by atoms with van der Waals surface area (Å²) in [6.07, 6.45) is 0. The van der Waals surface area contributed by atoms with E-state index in [-0.39, 0.29) is 0 Å². The van der Waals surface area contributed by atoms with Crippen molar-refractivity contribution >= 4 is 5.95 Å². The van der Waals surface area contributed by atoms with Crippen LogP contribution in [-0.4, -0.2) is 16.7 Å². The maximum absolute atomic E-state index is 5.76. The third-order valence-corrected chi connectivity index (χ3v) is 2.78. The molecule has 2 N–H and O–H groups in total. The van der Waals surface area contributed by atoms with E-state index in [0.717, 1.165) is 22.7 Å². The van der Waals surface area contributed by atoms with Crippen LogP contribution in [0, 0.1) is 6.92 Å². The second-order valence-corrected chi connectivity index (χ2v) is 3.69. The molecule has 84 valence electrons. The van der Waals surface area contributed by atoms with Gasteiger partial charge in [0, 0.05) is 18.3 Å². The summed E-state index contributed by atoms with van der Waals surface area (Å²) >= 11 is 0. The van der Waals surface area contributed by atoms with Gasteiger partial charge in [0.1, 0.15) is 5.75 Å². The van der Waals surface area contributed by atoms with Crippen molar-refractivity contribution in [3.63, 3.8) is 0 Å². The van der Waals surface area contributed by atoms with E-state index in [2.05, 4.69) is 4.98 Å². The largest absolute Gasteiger partial charge is 0.497 e. The summed E-state index contributed by atoms with van der Waals surface area (Å²) in [5.74, 6) is 1.37. The zero-order valence-electron chi connectivity index (χ0n) is 9.69. The smallest absolute Gasteiger partial charge is 0.200 e. The van der Waals surface area contributed by atoms with Gasteiger partial charge in [-0.15, -0.1) is 0 Å². The normalized spacial score (nSPS) is 10.4. The predicted octanol–water partition coefficient (Wildman–Crippen LogP) is 1.99. The molecule has 1 aromatic carbocycles. The first-order valence-electron chi connectivity index (χ1n) is 5.06.